The van der Waals surface area contributed by atoms with Crippen molar-refractivity contribution in [2.45, 2.75) is 0 Å². The third-order valence-electron chi connectivity index (χ3n) is 7.52. The maximum atomic E-state index is 8.93. The molecule has 0 aromatic rings. The maximum Gasteiger partial charge on any atom is 5.00 e. The molecule has 0 spiro atoms. The van der Waals surface area contributed by atoms with E-state index in [0.717, 1.165) is 7.05 Å². The first-order chi connectivity index (χ1) is 36.4. The summed E-state index contributed by atoms with van der Waals surface area (Å²) in [7, 11) is 0.889. The number of rotatable bonds is 0. The molecule has 0 aromatic carbocycles. The molecule has 0 saturated carbocycles. The van der Waals surface area contributed by atoms with Crippen molar-refractivity contribution in [2.24, 2.45) is 0 Å². The zero-order chi connectivity index (χ0) is 54.9. The number of hydrogen-bond acceptors (Lipinski definition) is 38. The van der Waals surface area contributed by atoms with Crippen LogP contribution in [0.2, 0.25) is 0 Å². The topological polar surface area (TPSA) is 284 Å². The van der Waals surface area contributed by atoms with Gasteiger partial charge in [0.2, 0.25) is 0 Å². The monoisotopic (exact) mass is 1550 g/mol. The number of carboxylic acids is 6. The molecule has 12 aliphatic heterocycles. The number of nitrogens with zero attached hydrogens (tertiary/aromatic N) is 1. The minimum absolute atomic E-state index is 0. The Balaban J connectivity index is 0.000000210. The van der Waals surface area contributed by atoms with Crippen molar-refractivity contribution in [3.63, 3.8) is 0 Å². The van der Waals surface area contributed by atoms with E-state index in [4.69, 9.17) is 69.5 Å². The molecule has 0 fully saturated rings. The largest absolute Gasteiger partial charge is 5.00 e. The SMILES string of the molecule is C1CSC2=C(S1)SC(=C1SC3=C(SCCS3)S1)S2.C1CSC2=C(S1)SC(=C1SC3=C(SCCS3)S1)S2.C1CSC2=C(S1)SC(=C1SC3=C(SCCS3)S1)S2.C[N+](=O)[O-].O=C([O-])C(=O)[O-].O=C([O-])C(=O)[O-].O=C([O-])C(=O)[O-].[Cr+5].[Na+]. The van der Waals surface area contributed by atoms with Crippen LogP contribution in [0.25, 0.3) is 0 Å². The van der Waals surface area contributed by atoms with Crippen LogP contribution >= 0.6 is 282 Å². The van der Waals surface area contributed by atoms with Crippen LogP contribution in [0.3, 0.4) is 0 Å². The van der Waals surface area contributed by atoms with E-state index >= 15 is 0 Å². The van der Waals surface area contributed by atoms with Gasteiger partial charge in [0.05, 0.1) is 112 Å². The molecule has 41 heteroatoms. The van der Waals surface area contributed by atoms with Gasteiger partial charge in [-0.1, -0.05) is 141 Å². The molecule has 12 heterocycles. The van der Waals surface area contributed by atoms with Gasteiger partial charge in [-0.05, 0) is 0 Å². The minimum atomic E-state index is -2.19. The zero-order valence-electron chi connectivity index (χ0n) is 38.9. The summed E-state index contributed by atoms with van der Waals surface area (Å²) in [6.07, 6.45) is 0. The fourth-order valence-electron chi connectivity index (χ4n) is 4.81. The molecule has 12 aliphatic rings. The van der Waals surface area contributed by atoms with Crippen LogP contribution < -0.4 is 60.2 Å². The molecule has 0 aliphatic carbocycles. The van der Waals surface area contributed by atoms with Crippen molar-refractivity contribution in [1.29, 1.82) is 0 Å². The average molecular weight is 1550 g/mol. The quantitative estimate of drug-likeness (QED) is 0.130. The predicted molar refractivity (Wildman–Crippen MR) is 347 cm³/mol. The van der Waals surface area contributed by atoms with Crippen LogP contribution in [0.5, 0.6) is 0 Å². The predicted octanol–water partition coefficient (Wildman–Crippen LogP) is 5.21. The van der Waals surface area contributed by atoms with E-state index in [9.17, 15) is 0 Å². The third-order valence-corrected chi connectivity index (χ3v) is 43.8. The average Bonchev–Trinajstić information content (AvgIpc) is 4.28. The second kappa shape index (κ2) is 39.1. The first kappa shape index (κ1) is 74.3. The molecule has 0 unspecified atom stereocenters. The van der Waals surface area contributed by atoms with Gasteiger partial charge < -0.3 is 59.4 Å². The second-order valence-electron chi connectivity index (χ2n) is 12.7. The fourth-order valence-corrected chi connectivity index (χ4v) is 41.4. The molecular formula is C37H27CrNNaO14S24. The maximum absolute atomic E-state index is 8.93. The summed E-state index contributed by atoms with van der Waals surface area (Å²) >= 11 is 48.7. The van der Waals surface area contributed by atoms with Crippen molar-refractivity contribution in [1.82, 2.24) is 0 Å². The van der Waals surface area contributed by atoms with Gasteiger partial charge in [0.15, 0.2) is 7.05 Å². The van der Waals surface area contributed by atoms with Crippen LogP contribution in [0, 0.1) is 10.1 Å². The Bertz CT molecular complexity index is 2110. The third kappa shape index (κ3) is 24.7. The molecule has 0 atom stereocenters. The van der Waals surface area contributed by atoms with Gasteiger partial charge in [-0.15, -0.1) is 141 Å². The molecule has 0 N–H and O–H groups in total. The number of aliphatic carboxylic acids is 6. The summed E-state index contributed by atoms with van der Waals surface area (Å²) in [5.74, 6) is 2.23. The van der Waals surface area contributed by atoms with Crippen molar-refractivity contribution in [3.05, 3.63) is 86.4 Å². The summed E-state index contributed by atoms with van der Waals surface area (Å²) in [4.78, 5) is 61.9. The Hall–Kier alpha value is 3.81. The van der Waals surface area contributed by atoms with E-state index in [1.54, 1.807) is 50.8 Å². The van der Waals surface area contributed by atoms with Gasteiger partial charge in [-0.3, -0.25) is 10.1 Å². The van der Waals surface area contributed by atoms with E-state index in [1.165, 1.54) is 94.5 Å². The van der Waals surface area contributed by atoms with Crippen LogP contribution in [0.15, 0.2) is 76.3 Å². The van der Waals surface area contributed by atoms with Gasteiger partial charge in [0.1, 0.15) is 0 Å². The van der Waals surface area contributed by atoms with E-state index in [0.29, 0.717) is 0 Å². The fraction of sp³-hybridized carbons (Fsp3) is 0.351. The van der Waals surface area contributed by atoms with Gasteiger partial charge in [-0.2, -0.15) is 0 Å². The number of nitro groups is 1. The summed E-state index contributed by atoms with van der Waals surface area (Å²) in [5, 5.41) is 62.4. The molecule has 415 valence electrons. The Morgan fingerprint density at radius 1 is 0.269 bits per heavy atom. The molecule has 1 radical (unpaired) electrons. The summed E-state index contributed by atoms with van der Waals surface area (Å²) in [5.41, 5.74) is 0. The van der Waals surface area contributed by atoms with Crippen molar-refractivity contribution >= 4 is 318 Å². The van der Waals surface area contributed by atoms with Crippen molar-refractivity contribution < 1.29 is 111 Å². The molecule has 0 saturated heterocycles. The summed E-state index contributed by atoms with van der Waals surface area (Å²) < 4.78 is 27.9. The van der Waals surface area contributed by atoms with Crippen LogP contribution in [-0.4, -0.2) is 117 Å². The molecule has 0 amide bonds. The van der Waals surface area contributed by atoms with Crippen LogP contribution in [-0.2, 0) is 46.1 Å². The summed E-state index contributed by atoms with van der Waals surface area (Å²) in [6, 6.07) is 0. The van der Waals surface area contributed by atoms with Crippen LogP contribution in [0.1, 0.15) is 0 Å². The van der Waals surface area contributed by atoms with E-state index in [1.807, 2.05) is 282 Å². The minimum Gasteiger partial charge on any atom is -0.543 e. The molecule has 12 rings (SSSR count). The molecule has 15 nitrogen and oxygen atoms in total. The van der Waals surface area contributed by atoms with Gasteiger partial charge >= 0.3 is 46.9 Å². The zero-order valence-corrected chi connectivity index (χ0v) is 61.7. The standard InChI is InChI=1S/3C10H8S8.3C2H2O4.CH3NO2.Cr.Na/c3*1-2-12-6-5(11-1)15-9(16-6)10-17-7-8(18-10)14-4-3-13-7;3*3-1(4)2(5)6;1-2(3)4;;/h3*1-4H2;3*(H,3,4)(H,5,6);1H3;;/q;;;;;;;+5;+1/p-6. The molecule has 78 heavy (non-hydrogen) atoms. The van der Waals surface area contributed by atoms with Crippen LogP contribution in [0.4, 0.5) is 0 Å². The number of carbonyl (C=O) groups excluding carboxylic acids is 6. The van der Waals surface area contributed by atoms with E-state index in [-0.39, 0.29) is 46.9 Å². The Morgan fingerprint density at radius 2 is 0.346 bits per heavy atom. The molecule has 0 bridgehead atoms. The van der Waals surface area contributed by atoms with Crippen molar-refractivity contribution in [2.75, 3.05) is 76.1 Å². The van der Waals surface area contributed by atoms with Crippen molar-refractivity contribution in [3.8, 4) is 0 Å². The number of carbonyl (C=O) groups is 6. The summed E-state index contributed by atoms with van der Waals surface area (Å²) in [6.45, 7) is 0. The molecule has 0 aromatic heterocycles. The van der Waals surface area contributed by atoms with E-state index < -0.39 is 40.7 Å². The number of carboxylic acid groups (broad SMARTS) is 6. The number of thioether (sulfide) groups is 24. The first-order valence-corrected chi connectivity index (χ1v) is 41.7. The number of hydrogen-bond donors (Lipinski definition) is 0. The molecular weight excluding hydrogens is 1530 g/mol. The second-order valence-corrected chi connectivity index (χ2v) is 42.9. The van der Waals surface area contributed by atoms with Gasteiger partial charge in [-0.25, -0.2) is 0 Å². The Kier molecular flexibility index (Phi) is 37.2. The van der Waals surface area contributed by atoms with E-state index in [2.05, 4.69) is 0 Å². The Labute approximate surface area is 582 Å². The van der Waals surface area contributed by atoms with Gasteiger partial charge in [0.25, 0.3) is 0 Å². The Morgan fingerprint density at radius 3 is 0.410 bits per heavy atom. The van der Waals surface area contributed by atoms with Gasteiger partial charge in [0, 0.05) is 74.0 Å². The first-order valence-electron chi connectivity index (χ1n) is 20.1. The normalized spacial score (nSPS) is 21.4. The smallest absolute Gasteiger partial charge is 0.543 e.